The molecule has 0 heterocycles. The zero-order valence-corrected chi connectivity index (χ0v) is 14.2. The summed E-state index contributed by atoms with van der Waals surface area (Å²) in [4.78, 5) is 14.1. The number of benzene rings is 1. The summed E-state index contributed by atoms with van der Waals surface area (Å²) in [5.41, 5.74) is 1.29. The minimum Gasteiger partial charge on any atom is -0.349 e. The number of carbonyl (C=O) groups excluding carboxylic acids is 1. The minimum atomic E-state index is 0.0788. The van der Waals surface area contributed by atoms with E-state index in [0.717, 1.165) is 19.5 Å². The zero-order chi connectivity index (χ0) is 15.8. The Morgan fingerprint density at radius 3 is 2.59 bits per heavy atom. The summed E-state index contributed by atoms with van der Waals surface area (Å²) in [6.45, 7) is 3.72. The van der Waals surface area contributed by atoms with Gasteiger partial charge in [-0.25, -0.2) is 0 Å². The smallest absolute Gasteiger partial charge is 0.226 e. The Morgan fingerprint density at radius 1 is 1.27 bits per heavy atom. The number of hydrogen-bond acceptors (Lipinski definition) is 2. The molecule has 2 rings (SSSR count). The van der Waals surface area contributed by atoms with Crippen LogP contribution in [0.1, 0.15) is 44.6 Å². The SMILES string of the molecule is CCN(CCc1ccccc1)C(=S)NC(=O)CC1CCCC1. The van der Waals surface area contributed by atoms with Crippen LogP contribution in [0.5, 0.6) is 0 Å². The molecule has 0 radical (unpaired) electrons. The van der Waals surface area contributed by atoms with Gasteiger partial charge in [-0.15, -0.1) is 0 Å². The predicted octanol–water partition coefficient (Wildman–Crippen LogP) is 3.53. The van der Waals surface area contributed by atoms with Crippen molar-refractivity contribution in [2.45, 2.75) is 45.4 Å². The molecule has 1 saturated carbocycles. The molecule has 0 aromatic heterocycles. The van der Waals surface area contributed by atoms with E-state index in [9.17, 15) is 4.79 Å². The Balaban J connectivity index is 1.76. The molecule has 0 aliphatic heterocycles. The Bertz CT molecular complexity index is 483. The number of hydrogen-bond donors (Lipinski definition) is 1. The fraction of sp³-hybridized carbons (Fsp3) is 0.556. The molecular weight excluding hydrogens is 292 g/mol. The first-order valence-corrected chi connectivity index (χ1v) is 8.72. The van der Waals surface area contributed by atoms with Crippen LogP contribution in [0, 0.1) is 5.92 Å². The summed E-state index contributed by atoms with van der Waals surface area (Å²) in [6, 6.07) is 10.4. The van der Waals surface area contributed by atoms with Crippen LogP contribution in [0.25, 0.3) is 0 Å². The second-order valence-electron chi connectivity index (χ2n) is 6.02. The molecule has 1 aliphatic carbocycles. The number of carbonyl (C=O) groups is 1. The second kappa shape index (κ2) is 8.89. The van der Waals surface area contributed by atoms with E-state index in [1.54, 1.807) is 0 Å². The molecule has 1 aliphatic rings. The molecule has 0 bridgehead atoms. The minimum absolute atomic E-state index is 0.0788. The Labute approximate surface area is 139 Å². The maximum atomic E-state index is 12.1. The summed E-state index contributed by atoms with van der Waals surface area (Å²) in [5.74, 6) is 0.636. The third kappa shape index (κ3) is 5.41. The van der Waals surface area contributed by atoms with Gasteiger partial charge in [0.15, 0.2) is 5.11 Å². The molecule has 0 unspecified atom stereocenters. The molecule has 1 fully saturated rings. The summed E-state index contributed by atoms with van der Waals surface area (Å²) >= 11 is 5.40. The summed E-state index contributed by atoms with van der Waals surface area (Å²) < 4.78 is 0. The van der Waals surface area contributed by atoms with Gasteiger partial charge in [0, 0.05) is 19.5 Å². The van der Waals surface area contributed by atoms with Crippen molar-refractivity contribution in [1.29, 1.82) is 0 Å². The maximum absolute atomic E-state index is 12.1. The molecule has 1 aromatic carbocycles. The average molecular weight is 318 g/mol. The van der Waals surface area contributed by atoms with Crippen molar-refractivity contribution >= 4 is 23.2 Å². The normalized spacial score (nSPS) is 14.8. The van der Waals surface area contributed by atoms with Crippen LogP contribution in [0.4, 0.5) is 0 Å². The monoisotopic (exact) mass is 318 g/mol. The Morgan fingerprint density at radius 2 is 1.95 bits per heavy atom. The quantitative estimate of drug-likeness (QED) is 0.814. The van der Waals surface area contributed by atoms with Gasteiger partial charge < -0.3 is 10.2 Å². The highest BCUT2D eigenvalue weighted by Gasteiger charge is 2.19. The molecule has 3 nitrogen and oxygen atoms in total. The Hall–Kier alpha value is -1.42. The van der Waals surface area contributed by atoms with Crippen molar-refractivity contribution in [2.75, 3.05) is 13.1 Å². The van der Waals surface area contributed by atoms with Gasteiger partial charge in [-0.1, -0.05) is 43.2 Å². The molecule has 0 spiro atoms. The number of likely N-dealkylation sites (N-methyl/N-ethyl adjacent to an activating group) is 1. The van der Waals surface area contributed by atoms with Gasteiger partial charge >= 0.3 is 0 Å². The highest BCUT2D eigenvalue weighted by Crippen LogP contribution is 2.27. The van der Waals surface area contributed by atoms with Gasteiger partial charge in [-0.3, -0.25) is 4.79 Å². The van der Waals surface area contributed by atoms with Crippen molar-refractivity contribution in [3.8, 4) is 0 Å². The Kier molecular flexibility index (Phi) is 6.84. The van der Waals surface area contributed by atoms with Crippen LogP contribution in [-0.2, 0) is 11.2 Å². The van der Waals surface area contributed by atoms with Crippen LogP contribution in [0.3, 0.4) is 0 Å². The zero-order valence-electron chi connectivity index (χ0n) is 13.4. The first-order valence-electron chi connectivity index (χ1n) is 8.31. The highest BCUT2D eigenvalue weighted by molar-refractivity contribution is 7.80. The first-order chi connectivity index (χ1) is 10.7. The summed E-state index contributed by atoms with van der Waals surface area (Å²) in [5, 5.41) is 3.48. The van der Waals surface area contributed by atoms with Gasteiger partial charge in [0.25, 0.3) is 0 Å². The summed E-state index contributed by atoms with van der Waals surface area (Å²) in [7, 11) is 0. The predicted molar refractivity (Wildman–Crippen MR) is 94.7 cm³/mol. The topological polar surface area (TPSA) is 32.3 Å². The van der Waals surface area contributed by atoms with E-state index in [1.807, 2.05) is 18.2 Å². The van der Waals surface area contributed by atoms with Crippen LogP contribution in [-0.4, -0.2) is 29.0 Å². The van der Waals surface area contributed by atoms with Crippen LogP contribution < -0.4 is 5.32 Å². The van der Waals surface area contributed by atoms with Crippen molar-refractivity contribution < 1.29 is 4.79 Å². The lowest BCUT2D eigenvalue weighted by Gasteiger charge is -2.24. The highest BCUT2D eigenvalue weighted by atomic mass is 32.1. The maximum Gasteiger partial charge on any atom is 0.226 e. The van der Waals surface area contributed by atoms with Crippen molar-refractivity contribution in [3.05, 3.63) is 35.9 Å². The van der Waals surface area contributed by atoms with E-state index in [-0.39, 0.29) is 5.91 Å². The largest absolute Gasteiger partial charge is 0.349 e. The van der Waals surface area contributed by atoms with Crippen molar-refractivity contribution in [3.63, 3.8) is 0 Å². The fourth-order valence-corrected chi connectivity index (χ4v) is 3.37. The molecule has 1 N–H and O–H groups in total. The van der Waals surface area contributed by atoms with Gasteiger partial charge in [-0.05, 0) is 49.9 Å². The molecule has 120 valence electrons. The van der Waals surface area contributed by atoms with E-state index < -0.39 is 0 Å². The lowest BCUT2D eigenvalue weighted by atomic mass is 10.0. The second-order valence-corrected chi connectivity index (χ2v) is 6.41. The third-order valence-electron chi connectivity index (χ3n) is 4.38. The van der Waals surface area contributed by atoms with Crippen molar-refractivity contribution in [2.24, 2.45) is 5.92 Å². The molecule has 4 heteroatoms. The van der Waals surface area contributed by atoms with Crippen LogP contribution in [0.15, 0.2) is 30.3 Å². The number of thiocarbonyl (C=S) groups is 1. The average Bonchev–Trinajstić information content (AvgIpc) is 3.01. The number of nitrogens with one attached hydrogen (secondary N) is 1. The third-order valence-corrected chi connectivity index (χ3v) is 4.74. The van der Waals surface area contributed by atoms with Crippen LogP contribution >= 0.6 is 12.2 Å². The lowest BCUT2D eigenvalue weighted by Crippen LogP contribution is -2.43. The van der Waals surface area contributed by atoms with Gasteiger partial charge in [0.2, 0.25) is 5.91 Å². The fourth-order valence-electron chi connectivity index (χ4n) is 3.04. The number of amides is 1. The molecule has 1 amide bonds. The molecule has 0 saturated heterocycles. The van der Waals surface area contributed by atoms with Crippen LogP contribution in [0.2, 0.25) is 0 Å². The van der Waals surface area contributed by atoms with Gasteiger partial charge in [0.05, 0.1) is 0 Å². The summed E-state index contributed by atoms with van der Waals surface area (Å²) in [6.07, 6.45) is 6.46. The van der Waals surface area contributed by atoms with E-state index in [4.69, 9.17) is 12.2 Å². The van der Waals surface area contributed by atoms with Crippen molar-refractivity contribution in [1.82, 2.24) is 10.2 Å². The van der Waals surface area contributed by atoms with Gasteiger partial charge in [-0.2, -0.15) is 0 Å². The van der Waals surface area contributed by atoms with E-state index in [0.29, 0.717) is 17.5 Å². The number of nitrogens with zero attached hydrogens (tertiary/aromatic N) is 1. The van der Waals surface area contributed by atoms with E-state index in [1.165, 1.54) is 31.2 Å². The first kappa shape index (κ1) is 16.9. The molecular formula is C18H26N2OS. The molecule has 1 aromatic rings. The standard InChI is InChI=1S/C18H26N2OS/c1-2-20(13-12-15-8-4-3-5-9-15)18(22)19-17(21)14-16-10-6-7-11-16/h3-5,8-9,16H,2,6-7,10-14H2,1H3,(H,19,21,22). The van der Waals surface area contributed by atoms with E-state index >= 15 is 0 Å². The van der Waals surface area contributed by atoms with E-state index in [2.05, 4.69) is 29.3 Å². The molecule has 22 heavy (non-hydrogen) atoms. The lowest BCUT2D eigenvalue weighted by molar-refractivity contribution is -0.120. The number of rotatable bonds is 6. The van der Waals surface area contributed by atoms with Gasteiger partial charge in [0.1, 0.15) is 0 Å². The molecule has 0 atom stereocenters.